The van der Waals surface area contributed by atoms with Crippen LogP contribution in [0, 0.1) is 5.92 Å². The minimum atomic E-state index is -5.66. The maximum atomic E-state index is 12.4. The fourth-order valence-electron chi connectivity index (χ4n) is 2.55. The van der Waals surface area contributed by atoms with E-state index in [0.717, 1.165) is 5.56 Å². The molecule has 138 valence electrons. The minimum Gasteiger partial charge on any atom is -0.381 e. The van der Waals surface area contributed by atoms with Crippen LogP contribution in [-0.4, -0.2) is 31.8 Å². The van der Waals surface area contributed by atoms with E-state index in [4.69, 9.17) is 0 Å². The van der Waals surface area contributed by atoms with E-state index in [9.17, 15) is 26.4 Å². The number of allylic oxidation sites excluding steroid dienone is 2. The molecule has 1 aliphatic carbocycles. The van der Waals surface area contributed by atoms with Crippen molar-refractivity contribution in [1.82, 2.24) is 4.90 Å². The summed E-state index contributed by atoms with van der Waals surface area (Å²) in [5, 5.41) is 0. The third-order valence-electron chi connectivity index (χ3n) is 3.86. The maximum Gasteiger partial charge on any atom is 0.534 e. The summed E-state index contributed by atoms with van der Waals surface area (Å²) < 4.78 is 63.0. The van der Waals surface area contributed by atoms with Crippen LogP contribution in [0.15, 0.2) is 42.2 Å². The molecule has 0 bridgehead atoms. The molecule has 5 nitrogen and oxygen atoms in total. The van der Waals surface area contributed by atoms with Gasteiger partial charge in [-0.25, -0.2) is 0 Å². The summed E-state index contributed by atoms with van der Waals surface area (Å²) >= 11 is 0. The molecule has 0 saturated carbocycles. The van der Waals surface area contributed by atoms with Gasteiger partial charge in [-0.05, 0) is 24.5 Å². The zero-order valence-electron chi connectivity index (χ0n) is 13.5. The third-order valence-corrected chi connectivity index (χ3v) is 4.86. The molecule has 1 unspecified atom stereocenters. The van der Waals surface area contributed by atoms with Gasteiger partial charge in [0.25, 0.3) is 0 Å². The number of hydrogen-bond acceptors (Lipinski definition) is 4. The second kappa shape index (κ2) is 7.47. The van der Waals surface area contributed by atoms with Crippen LogP contribution in [0.1, 0.15) is 24.8 Å². The molecule has 1 aromatic carbocycles. The Hall–Kier alpha value is -2.03. The van der Waals surface area contributed by atoms with Crippen LogP contribution < -0.4 is 0 Å². The van der Waals surface area contributed by atoms with E-state index in [1.165, 1.54) is 6.08 Å². The molecule has 1 amide bonds. The molecule has 9 heteroatoms. The highest BCUT2D eigenvalue weighted by Crippen LogP contribution is 2.31. The van der Waals surface area contributed by atoms with E-state index in [1.54, 1.807) is 11.9 Å². The Morgan fingerprint density at radius 2 is 1.92 bits per heavy atom. The summed E-state index contributed by atoms with van der Waals surface area (Å²) in [6.07, 6.45) is 1.58. The predicted molar refractivity (Wildman–Crippen MR) is 84.4 cm³/mol. The highest BCUT2D eigenvalue weighted by Gasteiger charge is 2.49. The topological polar surface area (TPSA) is 63.7 Å². The first-order chi connectivity index (χ1) is 11.6. The van der Waals surface area contributed by atoms with Crippen molar-refractivity contribution >= 4 is 16.0 Å². The largest absolute Gasteiger partial charge is 0.534 e. The SMILES string of the molecule is CN(Cc1ccccc1)C(=O)C1CC=C(OS(=O)(=O)C(F)(F)F)CC1. The summed E-state index contributed by atoms with van der Waals surface area (Å²) in [5.74, 6) is -0.820. The van der Waals surface area contributed by atoms with Crippen molar-refractivity contribution in [3.8, 4) is 0 Å². The molecule has 0 fully saturated rings. The summed E-state index contributed by atoms with van der Waals surface area (Å²) in [4.78, 5) is 14.0. The Bertz CT molecular complexity index is 744. The van der Waals surface area contributed by atoms with Crippen molar-refractivity contribution in [2.75, 3.05) is 7.05 Å². The highest BCUT2D eigenvalue weighted by molar-refractivity contribution is 7.87. The molecule has 0 radical (unpaired) electrons. The molecule has 0 N–H and O–H groups in total. The number of nitrogens with zero attached hydrogens (tertiary/aromatic N) is 1. The van der Waals surface area contributed by atoms with E-state index >= 15 is 0 Å². The second-order valence-electron chi connectivity index (χ2n) is 5.80. The van der Waals surface area contributed by atoms with E-state index < -0.39 is 21.5 Å². The van der Waals surface area contributed by atoms with Crippen LogP contribution >= 0.6 is 0 Å². The van der Waals surface area contributed by atoms with E-state index in [1.807, 2.05) is 30.3 Å². The maximum absolute atomic E-state index is 12.4. The summed E-state index contributed by atoms with van der Waals surface area (Å²) in [6.45, 7) is 0.422. The van der Waals surface area contributed by atoms with Crippen molar-refractivity contribution in [2.24, 2.45) is 5.92 Å². The lowest BCUT2D eigenvalue weighted by molar-refractivity contribution is -0.135. The lowest BCUT2D eigenvalue weighted by Gasteiger charge is -2.26. The average Bonchev–Trinajstić information content (AvgIpc) is 2.54. The third kappa shape index (κ3) is 4.97. The summed E-state index contributed by atoms with van der Waals surface area (Å²) in [5.41, 5.74) is -4.50. The van der Waals surface area contributed by atoms with Gasteiger partial charge < -0.3 is 9.08 Å². The van der Waals surface area contributed by atoms with Gasteiger partial charge in [0, 0.05) is 25.9 Å². The van der Waals surface area contributed by atoms with Gasteiger partial charge in [-0.2, -0.15) is 21.6 Å². The molecule has 2 rings (SSSR count). The van der Waals surface area contributed by atoms with Gasteiger partial charge in [0.15, 0.2) is 0 Å². The monoisotopic (exact) mass is 377 g/mol. The Morgan fingerprint density at radius 1 is 1.28 bits per heavy atom. The van der Waals surface area contributed by atoms with Crippen LogP contribution in [0.25, 0.3) is 0 Å². The molecule has 25 heavy (non-hydrogen) atoms. The van der Waals surface area contributed by atoms with Gasteiger partial charge in [-0.1, -0.05) is 30.3 Å². The number of carbonyl (C=O) groups excluding carboxylic acids is 1. The molecule has 1 atom stereocenters. The first kappa shape index (κ1) is 19.3. The standard InChI is InChI=1S/C16H18F3NO4S/c1-20(11-12-5-3-2-4-6-12)15(21)13-7-9-14(10-8-13)24-25(22,23)16(17,18)19/h2-6,9,13H,7-8,10-11H2,1H3. The molecular weight excluding hydrogens is 359 g/mol. The second-order valence-corrected chi connectivity index (χ2v) is 7.34. The quantitative estimate of drug-likeness (QED) is 0.584. The van der Waals surface area contributed by atoms with Crippen LogP contribution in [0.3, 0.4) is 0 Å². The molecule has 0 aliphatic heterocycles. The van der Waals surface area contributed by atoms with Crippen LogP contribution in [-0.2, 0) is 25.6 Å². The van der Waals surface area contributed by atoms with Crippen LogP contribution in [0.2, 0.25) is 0 Å². The number of alkyl halides is 3. The Labute approximate surface area is 144 Å². The highest BCUT2D eigenvalue weighted by atomic mass is 32.2. The van der Waals surface area contributed by atoms with E-state index in [0.29, 0.717) is 6.54 Å². The lowest BCUT2D eigenvalue weighted by atomic mass is 9.92. The molecular formula is C16H18F3NO4S. The normalized spacial score (nSPS) is 18.4. The molecule has 0 heterocycles. The van der Waals surface area contributed by atoms with Gasteiger partial charge >= 0.3 is 15.6 Å². The fraction of sp³-hybridized carbons (Fsp3) is 0.438. The number of benzene rings is 1. The zero-order valence-corrected chi connectivity index (χ0v) is 14.3. The van der Waals surface area contributed by atoms with E-state index in [-0.39, 0.29) is 30.9 Å². The number of halogens is 3. The molecule has 1 aromatic rings. The van der Waals surface area contributed by atoms with Gasteiger partial charge in [-0.15, -0.1) is 0 Å². The minimum absolute atomic E-state index is 0.0368. The molecule has 0 aromatic heterocycles. The first-order valence-corrected chi connectivity index (χ1v) is 8.99. The van der Waals surface area contributed by atoms with Crippen molar-refractivity contribution in [1.29, 1.82) is 0 Å². The Morgan fingerprint density at radius 3 is 2.44 bits per heavy atom. The Kier molecular flexibility index (Phi) is 5.76. The summed E-state index contributed by atoms with van der Waals surface area (Å²) in [7, 11) is -4.00. The van der Waals surface area contributed by atoms with Crippen LogP contribution in [0.5, 0.6) is 0 Å². The number of rotatable bonds is 5. The van der Waals surface area contributed by atoms with Crippen molar-refractivity contribution in [3.05, 3.63) is 47.7 Å². The van der Waals surface area contributed by atoms with Gasteiger partial charge in [0.2, 0.25) is 5.91 Å². The fourth-order valence-corrected chi connectivity index (χ4v) is 3.07. The smallest absolute Gasteiger partial charge is 0.381 e. The van der Waals surface area contributed by atoms with Gasteiger partial charge in [-0.3, -0.25) is 4.79 Å². The average molecular weight is 377 g/mol. The zero-order chi connectivity index (χ0) is 18.7. The van der Waals surface area contributed by atoms with Crippen molar-refractivity contribution in [3.63, 3.8) is 0 Å². The van der Waals surface area contributed by atoms with Crippen molar-refractivity contribution < 1.29 is 30.6 Å². The number of carbonyl (C=O) groups is 1. The Balaban J connectivity index is 1.94. The van der Waals surface area contributed by atoms with E-state index in [2.05, 4.69) is 4.18 Å². The van der Waals surface area contributed by atoms with Gasteiger partial charge in [0.1, 0.15) is 5.76 Å². The van der Waals surface area contributed by atoms with Crippen molar-refractivity contribution in [2.45, 2.75) is 31.3 Å². The number of hydrogen-bond donors (Lipinski definition) is 0. The lowest BCUT2D eigenvalue weighted by Crippen LogP contribution is -2.33. The van der Waals surface area contributed by atoms with Crippen LogP contribution in [0.4, 0.5) is 13.2 Å². The predicted octanol–water partition coefficient (Wildman–Crippen LogP) is 3.20. The summed E-state index contributed by atoms with van der Waals surface area (Å²) in [6, 6.07) is 9.37. The van der Waals surface area contributed by atoms with Gasteiger partial charge in [0.05, 0.1) is 0 Å². The molecule has 0 spiro atoms. The molecule has 1 aliphatic rings. The first-order valence-electron chi connectivity index (χ1n) is 7.59. The number of amides is 1. The molecule has 0 saturated heterocycles.